The molecule has 0 atom stereocenters. The molecular formula is C36H34N2O2P2. The van der Waals surface area contributed by atoms with Crippen molar-refractivity contribution < 1.29 is 9.59 Å². The monoisotopic (exact) mass is 588 g/mol. The first kappa shape index (κ1) is 29.4. The van der Waals surface area contributed by atoms with Gasteiger partial charge in [-0.1, -0.05) is 127 Å². The first-order valence-corrected chi connectivity index (χ1v) is 17.2. The zero-order valence-electron chi connectivity index (χ0n) is 23.4. The molecule has 5 rings (SSSR count). The zero-order chi connectivity index (χ0) is 29.0. The largest absolute Gasteiger partial charge is 0.352 e. The first-order valence-electron chi connectivity index (χ1n) is 14.1. The van der Waals surface area contributed by atoms with Gasteiger partial charge in [-0.2, -0.15) is 0 Å². The van der Waals surface area contributed by atoms with Crippen molar-refractivity contribution in [1.29, 1.82) is 0 Å². The fourth-order valence-corrected chi connectivity index (χ4v) is 9.24. The summed E-state index contributed by atoms with van der Waals surface area (Å²) in [5.74, 6) is -0.338. The van der Waals surface area contributed by atoms with Crippen LogP contribution in [0.2, 0.25) is 0 Å². The predicted octanol–water partition coefficient (Wildman–Crippen LogP) is 5.41. The molecule has 210 valence electrons. The lowest BCUT2D eigenvalue weighted by Crippen LogP contribution is -2.30. The van der Waals surface area contributed by atoms with E-state index in [2.05, 4.69) is 108 Å². The second kappa shape index (κ2) is 15.2. The molecule has 0 aliphatic rings. The summed E-state index contributed by atoms with van der Waals surface area (Å²) in [6.07, 6.45) is 1.67. The minimum atomic E-state index is -0.591. The molecule has 2 amide bonds. The van der Waals surface area contributed by atoms with Gasteiger partial charge in [-0.25, -0.2) is 0 Å². The second-order valence-corrected chi connectivity index (χ2v) is 14.4. The summed E-state index contributed by atoms with van der Waals surface area (Å²) < 4.78 is 0. The van der Waals surface area contributed by atoms with Crippen molar-refractivity contribution in [2.45, 2.75) is 0 Å². The van der Waals surface area contributed by atoms with E-state index < -0.39 is 15.8 Å². The molecule has 0 saturated carbocycles. The van der Waals surface area contributed by atoms with E-state index in [0.717, 1.165) is 12.3 Å². The molecule has 5 aromatic rings. The number of nitrogens with one attached hydrogen (secondary N) is 2. The average molecular weight is 589 g/mol. The van der Waals surface area contributed by atoms with Crippen molar-refractivity contribution in [3.8, 4) is 0 Å². The van der Waals surface area contributed by atoms with Crippen molar-refractivity contribution in [1.82, 2.24) is 10.6 Å². The molecule has 4 nitrogen and oxygen atoms in total. The number of hydrogen-bond donors (Lipinski definition) is 2. The van der Waals surface area contributed by atoms with E-state index in [4.69, 9.17) is 0 Å². The van der Waals surface area contributed by atoms with Crippen LogP contribution in [-0.4, -0.2) is 37.2 Å². The molecule has 0 fully saturated rings. The van der Waals surface area contributed by atoms with Gasteiger partial charge in [0.05, 0.1) is 0 Å². The Balaban J connectivity index is 1.17. The molecule has 0 unspecified atom stereocenters. The molecule has 0 spiro atoms. The summed E-state index contributed by atoms with van der Waals surface area (Å²) in [6, 6.07) is 48.8. The molecule has 5 aromatic carbocycles. The van der Waals surface area contributed by atoms with Crippen LogP contribution < -0.4 is 31.9 Å². The Morgan fingerprint density at radius 2 is 0.738 bits per heavy atom. The van der Waals surface area contributed by atoms with Gasteiger partial charge in [0.2, 0.25) is 0 Å². The Bertz CT molecular complexity index is 1370. The van der Waals surface area contributed by atoms with Crippen molar-refractivity contribution in [3.05, 3.63) is 157 Å². The van der Waals surface area contributed by atoms with Crippen molar-refractivity contribution in [2.24, 2.45) is 0 Å². The molecule has 0 saturated heterocycles. The lowest BCUT2D eigenvalue weighted by Gasteiger charge is -2.19. The maximum atomic E-state index is 13.1. The van der Waals surface area contributed by atoms with Crippen LogP contribution in [0.4, 0.5) is 0 Å². The van der Waals surface area contributed by atoms with E-state index in [1.54, 1.807) is 24.3 Å². The van der Waals surface area contributed by atoms with E-state index in [1.165, 1.54) is 21.2 Å². The minimum absolute atomic E-state index is 0.169. The molecule has 2 N–H and O–H groups in total. The topological polar surface area (TPSA) is 58.2 Å². The molecule has 0 bridgehead atoms. The number of rotatable bonds is 12. The van der Waals surface area contributed by atoms with Crippen LogP contribution in [0.5, 0.6) is 0 Å². The van der Waals surface area contributed by atoms with E-state index in [0.29, 0.717) is 24.2 Å². The number of amides is 2. The van der Waals surface area contributed by atoms with Crippen LogP contribution in [0.25, 0.3) is 0 Å². The normalized spacial score (nSPS) is 10.9. The van der Waals surface area contributed by atoms with Gasteiger partial charge < -0.3 is 10.6 Å². The van der Waals surface area contributed by atoms with Gasteiger partial charge in [-0.15, -0.1) is 0 Å². The maximum Gasteiger partial charge on any atom is 0.251 e. The number of benzene rings is 5. The Kier molecular flexibility index (Phi) is 10.7. The molecule has 0 aromatic heterocycles. The third-order valence-electron chi connectivity index (χ3n) is 6.90. The SMILES string of the molecule is O=C(NCCP(c1ccccc1)c1ccccc1)c1cccc(C(=O)NCCP(c2ccccc2)c2ccccc2)c1. The maximum absolute atomic E-state index is 13.1. The van der Waals surface area contributed by atoms with Crippen LogP contribution in [0, 0.1) is 0 Å². The summed E-state index contributed by atoms with van der Waals surface area (Å²) in [7, 11) is -1.18. The molecule has 6 heteroatoms. The Morgan fingerprint density at radius 3 is 1.05 bits per heavy atom. The first-order chi connectivity index (χ1) is 20.7. The fourth-order valence-electron chi connectivity index (χ4n) is 4.81. The van der Waals surface area contributed by atoms with Gasteiger partial charge >= 0.3 is 0 Å². The average Bonchev–Trinajstić information content (AvgIpc) is 3.06. The summed E-state index contributed by atoms with van der Waals surface area (Å²) in [6.45, 7) is 1.10. The van der Waals surface area contributed by atoms with E-state index in [1.807, 2.05) is 24.3 Å². The Morgan fingerprint density at radius 1 is 0.429 bits per heavy atom. The smallest absolute Gasteiger partial charge is 0.251 e. The summed E-state index contributed by atoms with van der Waals surface area (Å²) in [4.78, 5) is 26.1. The van der Waals surface area contributed by atoms with Gasteiger partial charge in [0, 0.05) is 24.2 Å². The summed E-state index contributed by atoms with van der Waals surface area (Å²) in [5.41, 5.74) is 0.976. The van der Waals surface area contributed by atoms with Gasteiger partial charge in [0.15, 0.2) is 0 Å². The number of carbonyl (C=O) groups excluding carboxylic acids is 2. The quantitative estimate of drug-likeness (QED) is 0.192. The highest BCUT2D eigenvalue weighted by atomic mass is 31.1. The molecule has 0 aliphatic heterocycles. The third-order valence-corrected chi connectivity index (χ3v) is 11.9. The fraction of sp³-hybridized carbons (Fsp3) is 0.111. The van der Waals surface area contributed by atoms with Gasteiger partial charge in [-0.05, 0) is 67.6 Å². The Labute approximate surface area is 250 Å². The van der Waals surface area contributed by atoms with Crippen molar-refractivity contribution >= 4 is 48.9 Å². The van der Waals surface area contributed by atoms with Crippen molar-refractivity contribution in [3.63, 3.8) is 0 Å². The molecule has 0 heterocycles. The Hall–Kier alpha value is -4.10. The zero-order valence-corrected chi connectivity index (χ0v) is 25.2. The number of carbonyl (C=O) groups is 2. The van der Waals surface area contributed by atoms with Gasteiger partial charge in [-0.3, -0.25) is 9.59 Å². The summed E-state index contributed by atoms with van der Waals surface area (Å²) in [5, 5.41) is 11.3. The van der Waals surface area contributed by atoms with Crippen molar-refractivity contribution in [2.75, 3.05) is 25.4 Å². The highest BCUT2D eigenvalue weighted by Crippen LogP contribution is 2.33. The van der Waals surface area contributed by atoms with Crippen LogP contribution in [0.3, 0.4) is 0 Å². The second-order valence-electron chi connectivity index (χ2n) is 9.74. The standard InChI is InChI=1S/C36H34N2O2P2/c39-35(37-24-26-41(31-16-5-1-6-17-31)32-18-7-2-8-19-32)29-14-13-15-30(28-29)36(40)38-25-27-42(33-20-9-3-10-21-33)34-22-11-4-12-23-34/h1-23,28H,24-27H2,(H,37,39)(H,38,40). The van der Waals surface area contributed by atoms with E-state index in [9.17, 15) is 9.59 Å². The highest BCUT2D eigenvalue weighted by Gasteiger charge is 2.16. The lowest BCUT2D eigenvalue weighted by molar-refractivity contribution is 0.0955. The predicted molar refractivity (Wildman–Crippen MR) is 179 cm³/mol. The minimum Gasteiger partial charge on any atom is -0.352 e. The highest BCUT2D eigenvalue weighted by molar-refractivity contribution is 7.73. The molecule has 0 aliphatic carbocycles. The van der Waals surface area contributed by atoms with E-state index >= 15 is 0 Å². The molecular weight excluding hydrogens is 554 g/mol. The van der Waals surface area contributed by atoms with Crippen LogP contribution in [0.1, 0.15) is 20.7 Å². The van der Waals surface area contributed by atoms with Crippen LogP contribution in [0.15, 0.2) is 146 Å². The van der Waals surface area contributed by atoms with E-state index in [-0.39, 0.29) is 11.8 Å². The number of hydrogen-bond acceptors (Lipinski definition) is 2. The molecule has 42 heavy (non-hydrogen) atoms. The summed E-state index contributed by atoms with van der Waals surface area (Å²) >= 11 is 0. The molecule has 0 radical (unpaired) electrons. The third kappa shape index (κ3) is 8.01. The lowest BCUT2D eigenvalue weighted by atomic mass is 10.1. The van der Waals surface area contributed by atoms with Crippen LogP contribution >= 0.6 is 15.8 Å². The van der Waals surface area contributed by atoms with Crippen LogP contribution in [-0.2, 0) is 0 Å². The van der Waals surface area contributed by atoms with Gasteiger partial charge in [0.25, 0.3) is 11.8 Å². The van der Waals surface area contributed by atoms with Gasteiger partial charge in [0.1, 0.15) is 0 Å².